The monoisotopic (exact) mass is 1270 g/mol. The Kier molecular flexibility index (Phi) is 55.7. The van der Waals surface area contributed by atoms with Crippen molar-refractivity contribution in [3.05, 3.63) is 0 Å². The summed E-state index contributed by atoms with van der Waals surface area (Å²) in [6, 6.07) is 0. The normalized spacial score (nSPS) is 15.6. The predicted octanol–water partition coefficient (Wildman–Crippen LogP) is 18.5. The van der Waals surface area contributed by atoms with Crippen LogP contribution in [0.2, 0.25) is 0 Å². The van der Waals surface area contributed by atoms with Gasteiger partial charge in [-0.25, -0.2) is 9.13 Å². The fraction of sp³-hybridized carbons (Fsp3) is 0.940. The van der Waals surface area contributed by atoms with Crippen LogP contribution < -0.4 is 0 Å². The zero-order chi connectivity index (χ0) is 63.9. The van der Waals surface area contributed by atoms with E-state index in [1.807, 2.05) is 0 Å². The molecule has 17 nitrogen and oxygen atoms in total. The van der Waals surface area contributed by atoms with Crippen LogP contribution in [0.25, 0.3) is 0 Å². The lowest BCUT2D eigenvalue weighted by Crippen LogP contribution is -2.30. The van der Waals surface area contributed by atoms with Crippen molar-refractivity contribution in [2.45, 2.75) is 343 Å². The van der Waals surface area contributed by atoms with Crippen LogP contribution in [0.4, 0.5) is 0 Å². The van der Waals surface area contributed by atoms with E-state index in [0.717, 1.165) is 120 Å². The number of aliphatic hydroxyl groups is 1. The van der Waals surface area contributed by atoms with Gasteiger partial charge in [-0.1, -0.05) is 274 Å². The molecule has 0 spiro atoms. The first-order chi connectivity index (χ1) is 41.2. The molecule has 0 saturated heterocycles. The van der Waals surface area contributed by atoms with E-state index in [0.29, 0.717) is 25.7 Å². The summed E-state index contributed by atoms with van der Waals surface area (Å²) in [4.78, 5) is 72.4. The number of carbonyl (C=O) groups excluding carboxylic acids is 4. The van der Waals surface area contributed by atoms with Gasteiger partial charge in [0.2, 0.25) is 0 Å². The van der Waals surface area contributed by atoms with Gasteiger partial charge in [0, 0.05) is 25.7 Å². The minimum absolute atomic E-state index is 0.102. The molecule has 0 radical (unpaired) electrons. The Morgan fingerprint density at radius 3 is 0.767 bits per heavy atom. The van der Waals surface area contributed by atoms with E-state index in [1.54, 1.807) is 0 Å². The molecule has 0 saturated carbocycles. The Labute approximate surface area is 524 Å². The number of unbranched alkanes of at least 4 members (excludes halogenated alkanes) is 26. The summed E-state index contributed by atoms with van der Waals surface area (Å²) >= 11 is 0. The third-order valence-corrected chi connectivity index (χ3v) is 18.7. The predicted molar refractivity (Wildman–Crippen MR) is 344 cm³/mol. The van der Waals surface area contributed by atoms with E-state index in [-0.39, 0.29) is 25.7 Å². The molecule has 0 fully saturated rings. The summed E-state index contributed by atoms with van der Waals surface area (Å²) in [5.41, 5.74) is 0. The number of ether oxygens (including phenoxy) is 4. The van der Waals surface area contributed by atoms with Crippen LogP contribution in [0, 0.1) is 23.7 Å². The lowest BCUT2D eigenvalue weighted by molar-refractivity contribution is -0.161. The Morgan fingerprint density at radius 2 is 0.523 bits per heavy atom. The first-order valence-electron chi connectivity index (χ1n) is 34.9. The van der Waals surface area contributed by atoms with Crippen LogP contribution in [-0.2, 0) is 65.4 Å². The maximum absolute atomic E-state index is 13.0. The summed E-state index contributed by atoms with van der Waals surface area (Å²) in [7, 11) is -9.90. The maximum atomic E-state index is 13.0. The van der Waals surface area contributed by atoms with Crippen LogP contribution in [0.1, 0.15) is 325 Å². The van der Waals surface area contributed by atoms with Gasteiger partial charge in [0.1, 0.15) is 19.3 Å². The van der Waals surface area contributed by atoms with E-state index in [4.69, 9.17) is 37.0 Å². The number of hydrogen-bond acceptors (Lipinski definition) is 15. The van der Waals surface area contributed by atoms with Gasteiger partial charge in [0.05, 0.1) is 26.4 Å². The minimum atomic E-state index is -4.95. The fourth-order valence-electron chi connectivity index (χ4n) is 9.83. The third kappa shape index (κ3) is 56.1. The highest BCUT2D eigenvalue weighted by Gasteiger charge is 2.30. The van der Waals surface area contributed by atoms with Gasteiger partial charge in [0.25, 0.3) is 0 Å². The van der Waals surface area contributed by atoms with Crippen LogP contribution in [0.15, 0.2) is 0 Å². The van der Waals surface area contributed by atoms with Crippen molar-refractivity contribution in [1.29, 1.82) is 0 Å². The molecule has 0 aliphatic heterocycles. The van der Waals surface area contributed by atoms with Crippen molar-refractivity contribution in [1.82, 2.24) is 0 Å². The Morgan fingerprint density at radius 1 is 0.314 bits per heavy atom. The maximum Gasteiger partial charge on any atom is 0.472 e. The molecule has 0 rings (SSSR count). The average molecular weight is 1270 g/mol. The van der Waals surface area contributed by atoms with Crippen LogP contribution in [-0.4, -0.2) is 96.7 Å². The zero-order valence-corrected chi connectivity index (χ0v) is 57.7. The molecular formula is C67H130O17P2. The molecule has 0 aliphatic rings. The molecule has 0 heterocycles. The minimum Gasteiger partial charge on any atom is -0.462 e. The third-order valence-electron chi connectivity index (χ3n) is 16.8. The van der Waals surface area contributed by atoms with Gasteiger partial charge in [-0.3, -0.25) is 37.3 Å². The fourth-order valence-corrected chi connectivity index (χ4v) is 11.4. The van der Waals surface area contributed by atoms with Crippen molar-refractivity contribution < 1.29 is 80.2 Å². The second-order valence-corrected chi connectivity index (χ2v) is 28.1. The van der Waals surface area contributed by atoms with Gasteiger partial charge in [-0.15, -0.1) is 0 Å². The number of phosphoric ester groups is 2. The van der Waals surface area contributed by atoms with Crippen molar-refractivity contribution in [3.63, 3.8) is 0 Å². The van der Waals surface area contributed by atoms with Gasteiger partial charge in [-0.2, -0.15) is 0 Å². The lowest BCUT2D eigenvalue weighted by atomic mass is 9.99. The van der Waals surface area contributed by atoms with E-state index >= 15 is 0 Å². The molecule has 19 heteroatoms. The average Bonchev–Trinajstić information content (AvgIpc) is 3.71. The lowest BCUT2D eigenvalue weighted by Gasteiger charge is -2.21. The largest absolute Gasteiger partial charge is 0.472 e. The molecule has 0 bridgehead atoms. The van der Waals surface area contributed by atoms with Gasteiger partial charge < -0.3 is 33.8 Å². The summed E-state index contributed by atoms with van der Waals surface area (Å²) in [5, 5.41) is 10.6. The van der Waals surface area contributed by atoms with Crippen LogP contribution >= 0.6 is 15.6 Å². The smallest absolute Gasteiger partial charge is 0.462 e. The molecule has 0 aromatic heterocycles. The van der Waals surface area contributed by atoms with E-state index < -0.39 is 97.5 Å². The Hall–Kier alpha value is -1.94. The molecular weight excluding hydrogens is 1140 g/mol. The quantitative estimate of drug-likeness (QED) is 0.0222. The number of aliphatic hydroxyl groups excluding tert-OH is 1. The molecule has 510 valence electrons. The number of phosphoric acid groups is 2. The van der Waals surface area contributed by atoms with Gasteiger partial charge in [-0.05, 0) is 49.4 Å². The second-order valence-electron chi connectivity index (χ2n) is 25.2. The van der Waals surface area contributed by atoms with E-state index in [1.165, 1.54) is 122 Å². The topological polar surface area (TPSA) is 237 Å². The number of esters is 4. The van der Waals surface area contributed by atoms with Crippen molar-refractivity contribution in [3.8, 4) is 0 Å². The number of rotatable bonds is 64. The molecule has 86 heavy (non-hydrogen) atoms. The number of hydrogen-bond donors (Lipinski definition) is 3. The van der Waals surface area contributed by atoms with Crippen molar-refractivity contribution >= 4 is 39.5 Å². The second kappa shape index (κ2) is 57.0. The van der Waals surface area contributed by atoms with Crippen LogP contribution in [0.5, 0.6) is 0 Å². The first-order valence-corrected chi connectivity index (χ1v) is 37.8. The molecule has 6 unspecified atom stereocenters. The molecule has 0 amide bonds. The standard InChI is InChI=1S/C67H130O17P2/c1-9-57(5)43-35-27-19-15-13-14-16-22-33-41-49-66(71)83-62(54-78-65(70)48-40-32-25-23-29-37-45-59(7)11-3)55-81-85(73,74)79-51-61(68)52-80-86(75,76)82-56-63(84-67(72)50-42-34-26-24-30-38-46-60(8)12-4)53-77-64(69)47-39-31-21-18-17-20-28-36-44-58(6)10-2/h57-63,68H,9-56H2,1-8H3,(H,73,74)(H,75,76)/t57?,58?,59?,60?,61-,62+,63+/m0/s1. The van der Waals surface area contributed by atoms with Gasteiger partial charge in [0.15, 0.2) is 12.2 Å². The highest BCUT2D eigenvalue weighted by molar-refractivity contribution is 7.47. The highest BCUT2D eigenvalue weighted by Crippen LogP contribution is 2.45. The summed E-state index contributed by atoms with van der Waals surface area (Å²) in [5.74, 6) is 0.894. The Bertz CT molecular complexity index is 1720. The Balaban J connectivity index is 5.27. The van der Waals surface area contributed by atoms with Gasteiger partial charge >= 0.3 is 39.5 Å². The summed E-state index contributed by atoms with van der Waals surface area (Å²) in [6.07, 6.45) is 37.5. The van der Waals surface area contributed by atoms with E-state index in [9.17, 15) is 43.2 Å². The number of carbonyl (C=O) groups is 4. The van der Waals surface area contributed by atoms with Crippen LogP contribution in [0.3, 0.4) is 0 Å². The summed E-state index contributed by atoms with van der Waals surface area (Å²) in [6.45, 7) is 14.1. The van der Waals surface area contributed by atoms with Crippen molar-refractivity contribution in [2.75, 3.05) is 39.6 Å². The SMILES string of the molecule is CCC(C)CCCCCCCCCCCCC(=O)O[C@H](COC(=O)CCCCCCCCC(C)CC)COP(=O)(O)OC[C@H](O)COP(=O)(O)OC[C@@H](COC(=O)CCCCCCCCCCC(C)CC)OC(=O)CCCCCCCCC(C)CC. The zero-order valence-electron chi connectivity index (χ0n) is 55.9. The highest BCUT2D eigenvalue weighted by atomic mass is 31.2. The van der Waals surface area contributed by atoms with E-state index in [2.05, 4.69) is 55.4 Å². The first kappa shape index (κ1) is 84.1. The molecule has 0 aliphatic carbocycles. The molecule has 9 atom stereocenters. The molecule has 0 aromatic rings. The molecule has 3 N–H and O–H groups in total. The molecule has 0 aromatic carbocycles. The van der Waals surface area contributed by atoms with Crippen molar-refractivity contribution in [2.24, 2.45) is 23.7 Å². The summed E-state index contributed by atoms with van der Waals surface area (Å²) < 4.78 is 68.1.